The molecular formula is C10H15N7O. The van der Waals surface area contributed by atoms with Gasteiger partial charge in [0.05, 0.1) is 18.5 Å². The van der Waals surface area contributed by atoms with Gasteiger partial charge in [-0.15, -0.1) is 0 Å². The predicted octanol–water partition coefficient (Wildman–Crippen LogP) is -1.02. The maximum absolute atomic E-state index is 6.06. The molecule has 1 saturated heterocycles. The summed E-state index contributed by atoms with van der Waals surface area (Å²) in [7, 11) is 0. The average molecular weight is 249 g/mol. The summed E-state index contributed by atoms with van der Waals surface area (Å²) < 4.78 is 7.57. The largest absolute Gasteiger partial charge is 0.382 e. The van der Waals surface area contributed by atoms with E-state index in [-0.39, 0.29) is 18.4 Å². The van der Waals surface area contributed by atoms with E-state index in [1.54, 1.807) is 10.9 Å². The molecule has 18 heavy (non-hydrogen) atoms. The molecule has 3 atom stereocenters. The van der Waals surface area contributed by atoms with Crippen LogP contribution in [0.2, 0.25) is 0 Å². The van der Waals surface area contributed by atoms with E-state index >= 15 is 0 Å². The van der Waals surface area contributed by atoms with Crippen LogP contribution in [0.25, 0.3) is 11.2 Å². The minimum Gasteiger partial charge on any atom is -0.382 e. The second-order valence-corrected chi connectivity index (χ2v) is 4.37. The van der Waals surface area contributed by atoms with Crippen LogP contribution in [0.4, 0.5) is 5.82 Å². The van der Waals surface area contributed by atoms with Crippen molar-refractivity contribution < 1.29 is 4.74 Å². The Labute approximate surface area is 103 Å². The Bertz CT molecular complexity index is 568. The van der Waals surface area contributed by atoms with Gasteiger partial charge in [-0.3, -0.25) is 4.57 Å². The average Bonchev–Trinajstić information content (AvgIpc) is 2.93. The lowest BCUT2D eigenvalue weighted by atomic mass is 10.1. The van der Waals surface area contributed by atoms with E-state index in [1.165, 1.54) is 6.33 Å². The number of anilines is 1. The topological polar surface area (TPSA) is 131 Å². The van der Waals surface area contributed by atoms with Crippen LogP contribution in [0.1, 0.15) is 12.6 Å². The van der Waals surface area contributed by atoms with Gasteiger partial charge in [0, 0.05) is 6.54 Å². The molecule has 0 unspecified atom stereocenters. The fraction of sp³-hybridized carbons (Fsp3) is 0.500. The van der Waals surface area contributed by atoms with Crippen molar-refractivity contribution in [2.75, 3.05) is 12.3 Å². The Morgan fingerprint density at radius 1 is 1.39 bits per heavy atom. The molecule has 2 aromatic rings. The van der Waals surface area contributed by atoms with Crippen LogP contribution in [0.5, 0.6) is 0 Å². The number of nitrogens with zero attached hydrogens (tertiary/aromatic N) is 4. The second-order valence-electron chi connectivity index (χ2n) is 4.37. The van der Waals surface area contributed by atoms with Crippen molar-refractivity contribution >= 4 is 17.0 Å². The Morgan fingerprint density at radius 3 is 2.94 bits per heavy atom. The molecule has 1 aliphatic heterocycles. The first kappa shape index (κ1) is 11.3. The molecule has 6 N–H and O–H groups in total. The molecule has 96 valence electrons. The van der Waals surface area contributed by atoms with E-state index in [0.29, 0.717) is 23.5 Å². The summed E-state index contributed by atoms with van der Waals surface area (Å²) in [5.74, 6) is 0.348. The van der Waals surface area contributed by atoms with Crippen LogP contribution in [0.3, 0.4) is 0 Å². The lowest BCUT2D eigenvalue weighted by molar-refractivity contribution is 0.00387. The Kier molecular flexibility index (Phi) is 2.62. The molecule has 0 amide bonds. The highest BCUT2D eigenvalue weighted by Gasteiger charge is 2.34. The summed E-state index contributed by atoms with van der Waals surface area (Å²) in [4.78, 5) is 12.3. The van der Waals surface area contributed by atoms with Gasteiger partial charge in [-0.25, -0.2) is 15.0 Å². The number of fused-ring (bicyclic) bond motifs is 1. The van der Waals surface area contributed by atoms with Crippen molar-refractivity contribution in [3.63, 3.8) is 0 Å². The first-order valence-electron chi connectivity index (χ1n) is 5.75. The number of ether oxygens (including phenoxy) is 1. The quantitative estimate of drug-likeness (QED) is 0.620. The number of hydrogen-bond acceptors (Lipinski definition) is 7. The summed E-state index contributed by atoms with van der Waals surface area (Å²) in [6, 6.07) is -0.132. The fourth-order valence-corrected chi connectivity index (χ4v) is 2.25. The highest BCUT2D eigenvalue weighted by atomic mass is 16.5. The lowest BCUT2D eigenvalue weighted by Gasteiger charge is -2.17. The van der Waals surface area contributed by atoms with Gasteiger partial charge in [-0.05, 0) is 6.42 Å². The number of rotatable bonds is 2. The molecule has 8 heteroatoms. The highest BCUT2D eigenvalue weighted by molar-refractivity contribution is 5.81. The molecule has 0 aliphatic carbocycles. The summed E-state index contributed by atoms with van der Waals surface area (Å²) in [6.45, 7) is 0.452. The zero-order valence-corrected chi connectivity index (χ0v) is 9.73. The first-order chi connectivity index (χ1) is 8.70. The van der Waals surface area contributed by atoms with Crippen molar-refractivity contribution in [2.24, 2.45) is 11.5 Å². The molecule has 0 bridgehead atoms. The molecule has 0 aromatic carbocycles. The third-order valence-electron chi connectivity index (χ3n) is 3.16. The first-order valence-corrected chi connectivity index (χ1v) is 5.75. The standard InChI is InChI=1S/C10H15N7O/c11-2-5-1-6(12)10(18-5)17-4-16-7-8(13)14-3-15-9(7)17/h3-6,10H,1-2,11-12H2,(H2,13,14,15)/t5-,6+,10+/m0/s1. The minimum atomic E-state index is -0.308. The van der Waals surface area contributed by atoms with Gasteiger partial charge in [0.25, 0.3) is 0 Å². The summed E-state index contributed by atoms with van der Waals surface area (Å²) >= 11 is 0. The number of aromatic nitrogens is 4. The number of nitrogen functional groups attached to an aromatic ring is 1. The molecule has 1 fully saturated rings. The third-order valence-corrected chi connectivity index (χ3v) is 3.16. The monoisotopic (exact) mass is 249 g/mol. The van der Waals surface area contributed by atoms with Crippen LogP contribution in [-0.2, 0) is 4.74 Å². The van der Waals surface area contributed by atoms with E-state index in [1.807, 2.05) is 0 Å². The normalized spacial score (nSPS) is 28.0. The molecular weight excluding hydrogens is 234 g/mol. The van der Waals surface area contributed by atoms with Gasteiger partial charge in [0.1, 0.15) is 11.8 Å². The van der Waals surface area contributed by atoms with Gasteiger partial charge in [-0.2, -0.15) is 0 Å². The zero-order valence-electron chi connectivity index (χ0n) is 9.73. The molecule has 3 rings (SSSR count). The second kappa shape index (κ2) is 4.16. The Balaban J connectivity index is 2.02. The summed E-state index contributed by atoms with van der Waals surface area (Å²) in [6.07, 6.45) is 3.41. The third kappa shape index (κ3) is 1.62. The van der Waals surface area contributed by atoms with E-state index < -0.39 is 0 Å². The van der Waals surface area contributed by atoms with Crippen molar-refractivity contribution in [1.29, 1.82) is 0 Å². The van der Waals surface area contributed by atoms with Crippen LogP contribution in [-0.4, -0.2) is 38.2 Å². The Hall–Kier alpha value is -1.77. The molecule has 0 radical (unpaired) electrons. The van der Waals surface area contributed by atoms with Gasteiger partial charge < -0.3 is 21.9 Å². The SMILES string of the molecule is NC[C@@H]1C[C@@H](N)[C@H](n2cnc3c(N)ncnc32)O1. The smallest absolute Gasteiger partial charge is 0.167 e. The number of imidazole rings is 1. The highest BCUT2D eigenvalue weighted by Crippen LogP contribution is 2.29. The number of nitrogens with two attached hydrogens (primary N) is 3. The molecule has 8 nitrogen and oxygen atoms in total. The summed E-state index contributed by atoms with van der Waals surface area (Å²) in [5.41, 5.74) is 18.6. The van der Waals surface area contributed by atoms with Crippen LogP contribution >= 0.6 is 0 Å². The fourth-order valence-electron chi connectivity index (χ4n) is 2.25. The number of hydrogen-bond donors (Lipinski definition) is 3. The maximum atomic E-state index is 6.06. The van der Waals surface area contributed by atoms with Crippen molar-refractivity contribution in [3.05, 3.63) is 12.7 Å². The zero-order chi connectivity index (χ0) is 12.7. The maximum Gasteiger partial charge on any atom is 0.167 e. The molecule has 0 spiro atoms. The minimum absolute atomic E-state index is 0.0263. The van der Waals surface area contributed by atoms with E-state index in [9.17, 15) is 0 Å². The van der Waals surface area contributed by atoms with Gasteiger partial charge in [0.15, 0.2) is 17.7 Å². The summed E-state index contributed by atoms with van der Waals surface area (Å²) in [5, 5.41) is 0. The Morgan fingerprint density at radius 2 is 2.22 bits per heavy atom. The molecule has 2 aromatic heterocycles. The van der Waals surface area contributed by atoms with E-state index in [4.69, 9.17) is 21.9 Å². The van der Waals surface area contributed by atoms with Gasteiger partial charge >= 0.3 is 0 Å². The molecule has 0 saturated carbocycles. The van der Waals surface area contributed by atoms with Crippen LogP contribution < -0.4 is 17.2 Å². The van der Waals surface area contributed by atoms with Gasteiger partial charge in [-0.1, -0.05) is 0 Å². The van der Waals surface area contributed by atoms with Crippen molar-refractivity contribution in [1.82, 2.24) is 19.5 Å². The predicted molar refractivity (Wildman–Crippen MR) is 65.3 cm³/mol. The van der Waals surface area contributed by atoms with E-state index in [0.717, 1.165) is 6.42 Å². The van der Waals surface area contributed by atoms with Crippen molar-refractivity contribution in [3.8, 4) is 0 Å². The van der Waals surface area contributed by atoms with Crippen molar-refractivity contribution in [2.45, 2.75) is 24.8 Å². The molecule has 3 heterocycles. The van der Waals surface area contributed by atoms with E-state index in [2.05, 4.69) is 15.0 Å². The van der Waals surface area contributed by atoms with Crippen LogP contribution in [0.15, 0.2) is 12.7 Å². The van der Waals surface area contributed by atoms with Gasteiger partial charge in [0.2, 0.25) is 0 Å². The molecule has 1 aliphatic rings. The van der Waals surface area contributed by atoms with Crippen LogP contribution in [0, 0.1) is 0 Å². The lowest BCUT2D eigenvalue weighted by Crippen LogP contribution is -2.27.